The maximum absolute atomic E-state index is 13.0. The second-order valence-electron chi connectivity index (χ2n) is 5.62. The van der Waals surface area contributed by atoms with Crippen molar-refractivity contribution in [3.63, 3.8) is 0 Å². The third kappa shape index (κ3) is 1.86. The Kier molecular flexibility index (Phi) is 2.83. The van der Waals surface area contributed by atoms with Crippen molar-refractivity contribution >= 4 is 22.7 Å². The summed E-state index contributed by atoms with van der Waals surface area (Å²) in [5.41, 5.74) is 0.374. The van der Waals surface area contributed by atoms with Gasteiger partial charge in [0.15, 0.2) is 5.69 Å². The maximum atomic E-state index is 13.0. The third-order valence-electron chi connectivity index (χ3n) is 4.20. The minimum atomic E-state index is -0.455. The monoisotopic (exact) mass is 298 g/mol. The van der Waals surface area contributed by atoms with E-state index in [-0.39, 0.29) is 24.1 Å². The van der Waals surface area contributed by atoms with E-state index in [9.17, 15) is 9.59 Å². The van der Waals surface area contributed by atoms with Crippen molar-refractivity contribution in [3.05, 3.63) is 36.3 Å². The summed E-state index contributed by atoms with van der Waals surface area (Å²) in [6, 6.07) is 5.50. The molecule has 2 amide bonds. The standard InChI is InChI=1S/C15H14N4O3/c20-11-6-19(15(7-18-11)8-22-9-15)14(21)13-12-10(3-5-17-13)2-1-4-16-12/h1-5H,6-9H2,(H,18,20). The molecule has 0 unspecified atom stereocenters. The molecule has 0 saturated carbocycles. The molecule has 2 aliphatic heterocycles. The number of piperazine rings is 1. The smallest absolute Gasteiger partial charge is 0.275 e. The Balaban J connectivity index is 1.77. The first kappa shape index (κ1) is 13.1. The topological polar surface area (TPSA) is 84.4 Å². The third-order valence-corrected chi connectivity index (χ3v) is 4.20. The van der Waals surface area contributed by atoms with Crippen molar-refractivity contribution in [1.82, 2.24) is 20.2 Å². The van der Waals surface area contributed by atoms with Gasteiger partial charge in [-0.3, -0.25) is 14.6 Å². The molecule has 2 saturated heterocycles. The number of pyridine rings is 2. The average molecular weight is 298 g/mol. The molecule has 7 nitrogen and oxygen atoms in total. The zero-order valence-electron chi connectivity index (χ0n) is 11.8. The Bertz CT molecular complexity index is 767. The van der Waals surface area contributed by atoms with Crippen LogP contribution in [0, 0.1) is 0 Å². The van der Waals surface area contributed by atoms with Crippen molar-refractivity contribution in [3.8, 4) is 0 Å². The van der Waals surface area contributed by atoms with E-state index in [2.05, 4.69) is 15.3 Å². The maximum Gasteiger partial charge on any atom is 0.275 e. The summed E-state index contributed by atoms with van der Waals surface area (Å²) < 4.78 is 5.27. The second kappa shape index (κ2) is 4.74. The number of nitrogens with zero attached hydrogens (tertiary/aromatic N) is 3. The highest BCUT2D eigenvalue weighted by Gasteiger charge is 2.50. The number of carbonyl (C=O) groups excluding carboxylic acids is 2. The molecule has 1 N–H and O–H groups in total. The van der Waals surface area contributed by atoms with Crippen LogP contribution in [0.2, 0.25) is 0 Å². The van der Waals surface area contributed by atoms with Gasteiger partial charge in [-0.2, -0.15) is 0 Å². The van der Waals surface area contributed by atoms with E-state index in [0.29, 0.717) is 25.3 Å². The van der Waals surface area contributed by atoms with Gasteiger partial charge in [0.1, 0.15) is 17.6 Å². The number of ether oxygens (including phenoxy) is 1. The zero-order valence-corrected chi connectivity index (χ0v) is 11.8. The summed E-state index contributed by atoms with van der Waals surface area (Å²) in [5.74, 6) is -0.443. The van der Waals surface area contributed by atoms with Crippen LogP contribution in [0.3, 0.4) is 0 Å². The van der Waals surface area contributed by atoms with E-state index in [1.807, 2.05) is 18.2 Å². The van der Waals surface area contributed by atoms with Gasteiger partial charge in [-0.25, -0.2) is 4.98 Å². The van der Waals surface area contributed by atoms with Gasteiger partial charge in [0.05, 0.1) is 13.2 Å². The van der Waals surface area contributed by atoms with Crippen LogP contribution >= 0.6 is 0 Å². The Morgan fingerprint density at radius 2 is 2.14 bits per heavy atom. The van der Waals surface area contributed by atoms with Crippen LogP contribution in [-0.2, 0) is 9.53 Å². The molecule has 0 radical (unpaired) electrons. The Hall–Kier alpha value is -2.54. The molecule has 112 valence electrons. The molecule has 0 aromatic carbocycles. The molecule has 0 aliphatic carbocycles. The van der Waals surface area contributed by atoms with Crippen LogP contribution in [0.4, 0.5) is 0 Å². The van der Waals surface area contributed by atoms with Crippen molar-refractivity contribution in [2.24, 2.45) is 0 Å². The normalized spacial score (nSPS) is 19.8. The van der Waals surface area contributed by atoms with Crippen LogP contribution in [-0.4, -0.2) is 58.5 Å². The fourth-order valence-electron chi connectivity index (χ4n) is 2.90. The number of amides is 2. The first-order valence-electron chi connectivity index (χ1n) is 7.06. The second-order valence-corrected chi connectivity index (χ2v) is 5.62. The Labute approximate surface area is 126 Å². The molecule has 4 heterocycles. The first-order chi connectivity index (χ1) is 10.7. The predicted molar refractivity (Wildman–Crippen MR) is 77.1 cm³/mol. The number of nitrogens with one attached hydrogen (secondary N) is 1. The Morgan fingerprint density at radius 1 is 1.27 bits per heavy atom. The van der Waals surface area contributed by atoms with Gasteiger partial charge in [0, 0.05) is 24.3 Å². The first-order valence-corrected chi connectivity index (χ1v) is 7.06. The molecule has 2 aromatic heterocycles. The van der Waals surface area contributed by atoms with Crippen LogP contribution in [0.15, 0.2) is 30.6 Å². The SMILES string of the molecule is O=C1CN(C(=O)c2nccc3cccnc23)C2(CN1)COC2. The minimum absolute atomic E-state index is 0.0209. The van der Waals surface area contributed by atoms with Gasteiger partial charge in [-0.15, -0.1) is 0 Å². The highest BCUT2D eigenvalue weighted by molar-refractivity contribution is 6.05. The van der Waals surface area contributed by atoms with Crippen molar-refractivity contribution in [2.45, 2.75) is 5.54 Å². The summed E-state index contributed by atoms with van der Waals surface area (Å²) in [7, 11) is 0. The lowest BCUT2D eigenvalue weighted by Crippen LogP contribution is -2.73. The number of hydrogen-bond donors (Lipinski definition) is 1. The molecule has 0 bridgehead atoms. The van der Waals surface area contributed by atoms with Gasteiger partial charge in [-0.1, -0.05) is 6.07 Å². The quantitative estimate of drug-likeness (QED) is 0.799. The lowest BCUT2D eigenvalue weighted by molar-refractivity contribution is -0.152. The van der Waals surface area contributed by atoms with E-state index in [4.69, 9.17) is 4.74 Å². The van der Waals surface area contributed by atoms with Crippen molar-refractivity contribution in [1.29, 1.82) is 0 Å². The lowest BCUT2D eigenvalue weighted by atomic mass is 9.92. The van der Waals surface area contributed by atoms with Crippen LogP contribution in [0.25, 0.3) is 10.9 Å². The van der Waals surface area contributed by atoms with Gasteiger partial charge in [0.2, 0.25) is 5.91 Å². The minimum Gasteiger partial charge on any atom is -0.376 e. The van der Waals surface area contributed by atoms with E-state index in [0.717, 1.165) is 5.39 Å². The van der Waals surface area contributed by atoms with Crippen LogP contribution in [0.5, 0.6) is 0 Å². The summed E-state index contributed by atoms with van der Waals surface area (Å²) in [4.78, 5) is 34.7. The largest absolute Gasteiger partial charge is 0.376 e. The average Bonchev–Trinajstić information content (AvgIpc) is 2.52. The predicted octanol–water partition coefficient (Wildman–Crippen LogP) is -0.0292. The van der Waals surface area contributed by atoms with Gasteiger partial charge < -0.3 is 15.0 Å². The van der Waals surface area contributed by atoms with E-state index < -0.39 is 5.54 Å². The summed E-state index contributed by atoms with van der Waals surface area (Å²) in [6.45, 7) is 1.29. The number of aromatic nitrogens is 2. The molecule has 4 rings (SSSR count). The summed E-state index contributed by atoms with van der Waals surface area (Å²) in [6.07, 6.45) is 3.22. The number of rotatable bonds is 1. The van der Waals surface area contributed by atoms with Gasteiger partial charge in [-0.05, 0) is 12.1 Å². The van der Waals surface area contributed by atoms with E-state index in [1.165, 1.54) is 0 Å². The van der Waals surface area contributed by atoms with Crippen LogP contribution < -0.4 is 5.32 Å². The zero-order chi connectivity index (χ0) is 15.2. The molecule has 22 heavy (non-hydrogen) atoms. The molecular formula is C15H14N4O3. The molecule has 2 aromatic rings. The van der Waals surface area contributed by atoms with Crippen LogP contribution in [0.1, 0.15) is 10.5 Å². The molecule has 2 fully saturated rings. The van der Waals surface area contributed by atoms with E-state index >= 15 is 0 Å². The van der Waals surface area contributed by atoms with Gasteiger partial charge in [0.25, 0.3) is 5.91 Å². The number of carbonyl (C=O) groups is 2. The highest BCUT2D eigenvalue weighted by Crippen LogP contribution is 2.29. The molecule has 7 heteroatoms. The number of fused-ring (bicyclic) bond motifs is 1. The molecule has 1 spiro atoms. The molecular weight excluding hydrogens is 284 g/mol. The highest BCUT2D eigenvalue weighted by atomic mass is 16.5. The molecule has 0 atom stereocenters. The fraction of sp³-hybridized carbons (Fsp3) is 0.333. The lowest BCUT2D eigenvalue weighted by Gasteiger charge is -2.51. The van der Waals surface area contributed by atoms with Crippen molar-refractivity contribution in [2.75, 3.05) is 26.3 Å². The van der Waals surface area contributed by atoms with Gasteiger partial charge >= 0.3 is 0 Å². The summed E-state index contributed by atoms with van der Waals surface area (Å²) in [5, 5.41) is 3.65. The van der Waals surface area contributed by atoms with Crippen molar-refractivity contribution < 1.29 is 14.3 Å². The Morgan fingerprint density at radius 3 is 2.91 bits per heavy atom. The molecule has 2 aliphatic rings. The summed E-state index contributed by atoms with van der Waals surface area (Å²) >= 11 is 0. The number of hydrogen-bond acceptors (Lipinski definition) is 5. The van der Waals surface area contributed by atoms with E-state index in [1.54, 1.807) is 17.3 Å². The fourth-order valence-corrected chi connectivity index (χ4v) is 2.90.